The van der Waals surface area contributed by atoms with E-state index in [1.807, 2.05) is 11.4 Å². The second-order valence-corrected chi connectivity index (χ2v) is 3.86. The van der Waals surface area contributed by atoms with Crippen LogP contribution in [0.25, 0.3) is 10.6 Å². The average Bonchev–Trinajstić information content (AvgIpc) is 2.67. The molecule has 14 heavy (non-hydrogen) atoms. The summed E-state index contributed by atoms with van der Waals surface area (Å²) in [6.45, 7) is 0. The number of nitrogens with zero attached hydrogens (tertiary/aromatic N) is 2. The molecule has 0 aliphatic heterocycles. The van der Waals surface area contributed by atoms with Gasteiger partial charge < -0.3 is 5.84 Å². The van der Waals surface area contributed by atoms with Crippen molar-refractivity contribution in [3.63, 3.8) is 0 Å². The second kappa shape index (κ2) is 3.35. The number of H-pyrrole nitrogens is 1. The molecule has 0 amide bonds. The minimum absolute atomic E-state index is 0.107. The Kier molecular flexibility index (Phi) is 2.18. The number of nitrogens with one attached hydrogen (secondary N) is 1. The number of aromatic nitrogens is 3. The number of hydrogen-bond donors (Lipinski definition) is 2. The first kappa shape index (κ1) is 9.10. The Balaban J connectivity index is 2.74. The maximum absolute atomic E-state index is 11.6. The summed E-state index contributed by atoms with van der Waals surface area (Å²) >= 11 is 6.17. The van der Waals surface area contributed by atoms with Crippen molar-refractivity contribution >= 4 is 23.6 Å². The fourth-order valence-electron chi connectivity index (χ4n) is 0.986. The molecule has 5 nitrogen and oxygen atoms in total. The van der Waals surface area contributed by atoms with E-state index in [0.29, 0.717) is 0 Å². The molecule has 0 unspecified atom stereocenters. The summed E-state index contributed by atoms with van der Waals surface area (Å²) in [5.41, 5.74) is -0.104. The third-order valence-corrected chi connectivity index (χ3v) is 2.82. The normalized spacial score (nSPS) is 10.3. The molecular formula is C7H6N4OS2. The standard InChI is InChI=1S/C7H6N4OS2/c8-11-6(12)5(9-10-7(11)13)4-2-1-3-14-4/h1-3H,8H2,(H,10,13). The zero-order chi connectivity index (χ0) is 10.1. The van der Waals surface area contributed by atoms with Gasteiger partial charge in [0.25, 0.3) is 5.56 Å². The van der Waals surface area contributed by atoms with E-state index in [4.69, 9.17) is 18.1 Å². The second-order valence-electron chi connectivity index (χ2n) is 2.53. The summed E-state index contributed by atoms with van der Waals surface area (Å²) in [6, 6.07) is 3.63. The quantitative estimate of drug-likeness (QED) is 0.555. The van der Waals surface area contributed by atoms with Gasteiger partial charge in [0, 0.05) is 0 Å². The van der Waals surface area contributed by atoms with Crippen molar-refractivity contribution in [1.82, 2.24) is 14.9 Å². The van der Waals surface area contributed by atoms with Gasteiger partial charge in [0.05, 0.1) is 4.88 Å². The molecule has 0 saturated carbocycles. The van der Waals surface area contributed by atoms with Gasteiger partial charge in [0.1, 0.15) is 0 Å². The zero-order valence-electron chi connectivity index (χ0n) is 6.93. The van der Waals surface area contributed by atoms with Crippen molar-refractivity contribution in [3.8, 4) is 10.6 Å². The molecule has 0 radical (unpaired) electrons. The Morgan fingerprint density at radius 3 is 3.07 bits per heavy atom. The average molecular weight is 226 g/mol. The Hall–Kier alpha value is -1.47. The van der Waals surface area contributed by atoms with Crippen LogP contribution in [0.4, 0.5) is 0 Å². The fourth-order valence-corrected chi connectivity index (χ4v) is 1.82. The summed E-state index contributed by atoms with van der Waals surface area (Å²) in [5.74, 6) is 5.42. The lowest BCUT2D eigenvalue weighted by Gasteiger charge is -1.99. The Morgan fingerprint density at radius 2 is 2.43 bits per heavy atom. The Morgan fingerprint density at radius 1 is 1.64 bits per heavy atom. The summed E-state index contributed by atoms with van der Waals surface area (Å²) in [6.07, 6.45) is 0. The summed E-state index contributed by atoms with van der Waals surface area (Å²) in [4.78, 5) is 12.3. The Bertz CT molecular complexity index is 554. The minimum atomic E-state index is -0.392. The molecule has 3 N–H and O–H groups in total. The van der Waals surface area contributed by atoms with Crippen LogP contribution in [-0.2, 0) is 0 Å². The van der Waals surface area contributed by atoms with E-state index in [2.05, 4.69) is 10.2 Å². The third-order valence-electron chi connectivity index (χ3n) is 1.66. The van der Waals surface area contributed by atoms with Gasteiger partial charge in [-0.1, -0.05) is 6.07 Å². The summed E-state index contributed by atoms with van der Waals surface area (Å²) < 4.78 is 0.979. The molecule has 72 valence electrons. The molecule has 2 rings (SSSR count). The molecule has 0 atom stereocenters. The van der Waals surface area contributed by atoms with Crippen molar-refractivity contribution in [3.05, 3.63) is 32.6 Å². The van der Waals surface area contributed by atoms with E-state index < -0.39 is 5.56 Å². The van der Waals surface area contributed by atoms with Crippen LogP contribution in [-0.4, -0.2) is 14.9 Å². The first-order valence-electron chi connectivity index (χ1n) is 3.71. The molecule has 0 aromatic carbocycles. The lowest BCUT2D eigenvalue weighted by Crippen LogP contribution is -2.30. The number of aromatic amines is 1. The minimum Gasteiger partial charge on any atom is -0.334 e. The van der Waals surface area contributed by atoms with Crippen LogP contribution >= 0.6 is 23.6 Å². The van der Waals surface area contributed by atoms with E-state index in [9.17, 15) is 4.79 Å². The highest BCUT2D eigenvalue weighted by Gasteiger charge is 2.08. The highest BCUT2D eigenvalue weighted by Crippen LogP contribution is 2.18. The molecule has 0 aliphatic rings. The Labute approximate surface area is 87.8 Å². The number of rotatable bonds is 1. The smallest absolute Gasteiger partial charge is 0.300 e. The van der Waals surface area contributed by atoms with Crippen LogP contribution in [0.3, 0.4) is 0 Å². The summed E-state index contributed by atoms with van der Waals surface area (Å²) in [5, 5.41) is 8.22. The lowest BCUT2D eigenvalue weighted by atomic mass is 10.4. The molecule has 2 aromatic heterocycles. The number of nitrogens with two attached hydrogens (primary N) is 1. The number of hydrogen-bond acceptors (Lipinski definition) is 5. The molecule has 0 aliphatic carbocycles. The summed E-state index contributed by atoms with van der Waals surface area (Å²) in [7, 11) is 0. The van der Waals surface area contributed by atoms with Crippen LogP contribution in [0.5, 0.6) is 0 Å². The van der Waals surface area contributed by atoms with Crippen LogP contribution in [0, 0.1) is 4.77 Å². The van der Waals surface area contributed by atoms with Gasteiger partial charge in [-0.05, 0) is 23.7 Å². The van der Waals surface area contributed by atoms with Gasteiger partial charge in [-0.2, -0.15) is 9.77 Å². The van der Waals surface area contributed by atoms with Crippen molar-refractivity contribution in [2.24, 2.45) is 0 Å². The van der Waals surface area contributed by atoms with Crippen LogP contribution in [0.15, 0.2) is 22.3 Å². The highest BCUT2D eigenvalue weighted by atomic mass is 32.1. The SMILES string of the molecule is Nn1c(=S)[nH]nc(-c2cccs2)c1=O. The maximum Gasteiger partial charge on any atom is 0.300 e. The molecule has 7 heteroatoms. The molecule has 0 saturated heterocycles. The molecule has 2 heterocycles. The topological polar surface area (TPSA) is 76.7 Å². The van der Waals surface area contributed by atoms with E-state index in [1.165, 1.54) is 11.3 Å². The number of thiophene rings is 1. The first-order valence-corrected chi connectivity index (χ1v) is 4.99. The zero-order valence-corrected chi connectivity index (χ0v) is 8.56. The predicted molar refractivity (Wildman–Crippen MR) is 57.1 cm³/mol. The van der Waals surface area contributed by atoms with Gasteiger partial charge in [-0.3, -0.25) is 9.89 Å². The fraction of sp³-hybridized carbons (Fsp3) is 0. The van der Waals surface area contributed by atoms with Gasteiger partial charge in [0.15, 0.2) is 5.69 Å². The third kappa shape index (κ3) is 1.36. The van der Waals surface area contributed by atoms with Crippen molar-refractivity contribution < 1.29 is 0 Å². The molecule has 0 fully saturated rings. The van der Waals surface area contributed by atoms with Gasteiger partial charge in [-0.15, -0.1) is 11.3 Å². The van der Waals surface area contributed by atoms with Gasteiger partial charge >= 0.3 is 0 Å². The molecule has 0 bridgehead atoms. The highest BCUT2D eigenvalue weighted by molar-refractivity contribution is 7.71. The van der Waals surface area contributed by atoms with Crippen LogP contribution in [0.2, 0.25) is 0 Å². The predicted octanol–water partition coefficient (Wildman–Crippen LogP) is 0.743. The van der Waals surface area contributed by atoms with E-state index >= 15 is 0 Å². The van der Waals surface area contributed by atoms with Crippen molar-refractivity contribution in [2.75, 3.05) is 5.84 Å². The molecular weight excluding hydrogens is 220 g/mol. The van der Waals surface area contributed by atoms with E-state index in [0.717, 1.165) is 9.55 Å². The van der Waals surface area contributed by atoms with Gasteiger partial charge in [-0.25, -0.2) is 0 Å². The van der Waals surface area contributed by atoms with Crippen molar-refractivity contribution in [2.45, 2.75) is 0 Å². The van der Waals surface area contributed by atoms with Crippen molar-refractivity contribution in [1.29, 1.82) is 0 Å². The van der Waals surface area contributed by atoms with Crippen LogP contribution in [0.1, 0.15) is 0 Å². The molecule has 2 aromatic rings. The van der Waals surface area contributed by atoms with Crippen LogP contribution < -0.4 is 11.4 Å². The molecule has 0 spiro atoms. The van der Waals surface area contributed by atoms with Gasteiger partial charge in [0.2, 0.25) is 4.77 Å². The maximum atomic E-state index is 11.6. The van der Waals surface area contributed by atoms with E-state index in [1.54, 1.807) is 6.07 Å². The lowest BCUT2D eigenvalue weighted by molar-refractivity contribution is 0.808. The number of nitrogen functional groups attached to an aromatic ring is 1. The monoisotopic (exact) mass is 226 g/mol. The first-order chi connectivity index (χ1) is 6.70. The largest absolute Gasteiger partial charge is 0.334 e. The van der Waals surface area contributed by atoms with E-state index in [-0.39, 0.29) is 10.5 Å².